The first kappa shape index (κ1) is 32.7. The molecule has 0 saturated heterocycles. The molecule has 1 aromatic heterocycles. The van der Waals surface area contributed by atoms with Crippen LogP contribution in [-0.4, -0.2) is 32.8 Å². The number of nitrogens with one attached hydrogen (secondary N) is 3. The minimum Gasteiger partial charge on any atom is -0.321 e. The van der Waals surface area contributed by atoms with E-state index in [9.17, 15) is 14.4 Å². The van der Waals surface area contributed by atoms with Gasteiger partial charge in [-0.1, -0.05) is 103 Å². The predicted octanol–water partition coefficient (Wildman–Crippen LogP) is 7.84. The molecule has 46 heavy (non-hydrogen) atoms. The summed E-state index contributed by atoms with van der Waals surface area (Å²) in [6.45, 7) is 4.00. The van der Waals surface area contributed by atoms with Crippen LogP contribution >= 0.6 is 35.1 Å². The molecule has 0 saturated carbocycles. The Balaban J connectivity index is 1.36. The molecule has 5 aromatic rings. The third kappa shape index (κ3) is 9.16. The zero-order valence-electron chi connectivity index (χ0n) is 25.1. The minimum atomic E-state index is -0.597. The van der Waals surface area contributed by atoms with E-state index in [0.717, 1.165) is 38.9 Å². The molecule has 0 aliphatic heterocycles. The average molecular weight is 666 g/mol. The predicted molar refractivity (Wildman–Crippen MR) is 188 cm³/mol. The van der Waals surface area contributed by atoms with Gasteiger partial charge in [0.05, 0.1) is 0 Å². The maximum absolute atomic E-state index is 13.6. The molecule has 0 aliphatic rings. The quantitative estimate of drug-likeness (QED) is 0.0919. The van der Waals surface area contributed by atoms with Crippen molar-refractivity contribution < 1.29 is 14.4 Å². The van der Waals surface area contributed by atoms with Crippen LogP contribution in [0.25, 0.3) is 6.08 Å². The number of anilines is 2. The van der Waals surface area contributed by atoms with Gasteiger partial charge in [-0.25, -0.2) is 0 Å². The highest BCUT2D eigenvalue weighted by Gasteiger charge is 2.24. The number of amides is 3. The van der Waals surface area contributed by atoms with Crippen molar-refractivity contribution in [2.24, 2.45) is 0 Å². The first-order valence-electron chi connectivity index (χ1n) is 14.4. The normalized spacial score (nSPS) is 11.8. The Kier molecular flexibility index (Phi) is 11.4. The summed E-state index contributed by atoms with van der Waals surface area (Å²) in [5, 5.41) is 9.07. The van der Waals surface area contributed by atoms with Gasteiger partial charge in [0, 0.05) is 27.7 Å². The zero-order valence-corrected chi connectivity index (χ0v) is 27.5. The van der Waals surface area contributed by atoms with Crippen molar-refractivity contribution in [3.8, 4) is 0 Å². The van der Waals surface area contributed by atoms with E-state index in [1.807, 2.05) is 86.6 Å². The summed E-state index contributed by atoms with van der Waals surface area (Å²) in [5.74, 6) is -0.281. The van der Waals surface area contributed by atoms with Crippen LogP contribution in [0.3, 0.4) is 0 Å². The van der Waals surface area contributed by atoms with Crippen LogP contribution in [0, 0.1) is 6.92 Å². The summed E-state index contributed by atoms with van der Waals surface area (Å²) < 4.78 is 4.29. The van der Waals surface area contributed by atoms with E-state index < -0.39 is 17.1 Å². The third-order valence-electron chi connectivity index (χ3n) is 6.51. The number of carbonyl (C=O) groups excluding carboxylic acids is 3. The van der Waals surface area contributed by atoms with E-state index in [0.29, 0.717) is 21.5 Å². The van der Waals surface area contributed by atoms with E-state index in [1.165, 1.54) is 23.5 Å². The minimum absolute atomic E-state index is 0.0926. The number of aryl methyl sites for hydroxylation is 1. The van der Waals surface area contributed by atoms with Gasteiger partial charge in [0.2, 0.25) is 16.2 Å². The van der Waals surface area contributed by atoms with Crippen molar-refractivity contribution in [2.75, 3.05) is 16.4 Å². The molecule has 1 atom stereocenters. The van der Waals surface area contributed by atoms with Gasteiger partial charge in [-0.2, -0.15) is 9.36 Å². The highest BCUT2D eigenvalue weighted by Crippen LogP contribution is 2.37. The van der Waals surface area contributed by atoms with Gasteiger partial charge in [0.25, 0.3) is 11.8 Å². The van der Waals surface area contributed by atoms with Gasteiger partial charge < -0.3 is 10.6 Å². The average Bonchev–Trinajstić information content (AvgIpc) is 3.51. The first-order valence-corrected chi connectivity index (χ1v) is 17.1. The lowest BCUT2D eigenvalue weighted by molar-refractivity contribution is -0.116. The van der Waals surface area contributed by atoms with Crippen LogP contribution in [0.1, 0.15) is 39.2 Å². The molecule has 0 aliphatic carbocycles. The Labute approximate surface area is 280 Å². The van der Waals surface area contributed by atoms with E-state index in [-0.39, 0.29) is 11.6 Å². The summed E-state index contributed by atoms with van der Waals surface area (Å²) in [4.78, 5) is 45.3. The molecule has 4 aromatic carbocycles. The van der Waals surface area contributed by atoms with Crippen LogP contribution in [0.15, 0.2) is 125 Å². The van der Waals surface area contributed by atoms with Crippen molar-refractivity contribution in [1.29, 1.82) is 0 Å². The van der Waals surface area contributed by atoms with Crippen LogP contribution in [0.2, 0.25) is 0 Å². The second-order valence-corrected chi connectivity index (χ2v) is 13.1. The van der Waals surface area contributed by atoms with Gasteiger partial charge in [-0.3, -0.25) is 19.7 Å². The monoisotopic (exact) mass is 665 g/mol. The van der Waals surface area contributed by atoms with E-state index in [4.69, 9.17) is 0 Å². The number of carbonyl (C=O) groups is 3. The van der Waals surface area contributed by atoms with Gasteiger partial charge in [-0.15, -0.1) is 11.8 Å². The lowest BCUT2D eigenvalue weighted by Crippen LogP contribution is -2.30. The molecular formula is C35H31N5O3S3. The van der Waals surface area contributed by atoms with E-state index >= 15 is 0 Å². The fourth-order valence-corrected chi connectivity index (χ4v) is 6.63. The molecule has 0 bridgehead atoms. The SMILES string of the molecule is CCSc1nsc(NC(=O)C(Sc2cccc(NC(=O)/C(=C/c3ccc(C)cc3)NC(=O)c3ccccc3)c2)c2ccccc2)n1. The molecule has 0 radical (unpaired) electrons. The fourth-order valence-electron chi connectivity index (χ4n) is 4.27. The maximum atomic E-state index is 13.6. The topological polar surface area (TPSA) is 113 Å². The Morgan fingerprint density at radius 3 is 2.30 bits per heavy atom. The van der Waals surface area contributed by atoms with Crippen LogP contribution in [0.5, 0.6) is 0 Å². The van der Waals surface area contributed by atoms with Crippen molar-refractivity contribution in [1.82, 2.24) is 14.7 Å². The molecule has 11 heteroatoms. The number of nitrogens with zero attached hydrogens (tertiary/aromatic N) is 2. The zero-order chi connectivity index (χ0) is 32.3. The van der Waals surface area contributed by atoms with Crippen LogP contribution in [-0.2, 0) is 9.59 Å². The third-order valence-corrected chi connectivity index (χ3v) is 9.24. The smallest absolute Gasteiger partial charge is 0.272 e. The molecule has 8 nitrogen and oxygen atoms in total. The van der Waals surface area contributed by atoms with Crippen LogP contribution in [0.4, 0.5) is 10.8 Å². The summed E-state index contributed by atoms with van der Waals surface area (Å²) in [6, 6.07) is 33.1. The molecule has 0 spiro atoms. The second-order valence-electron chi connectivity index (χ2n) is 9.98. The van der Waals surface area contributed by atoms with Gasteiger partial charge in [-0.05, 0) is 60.2 Å². The molecule has 1 unspecified atom stereocenters. The standard InChI is InChI=1S/C35H31N5O3S3/c1-3-44-35-39-34(46-40-35)38-33(43)30(25-11-6-4-7-12-25)45-28-16-10-15-27(22-28)36-32(42)29(21-24-19-17-23(2)18-20-24)37-31(41)26-13-8-5-9-14-26/h4-22,30H,3H2,1-2H3,(H,36,42)(H,37,41)(H,38,39,40,43)/b29-21-. The number of benzene rings is 4. The van der Waals surface area contributed by atoms with Crippen molar-refractivity contribution >= 4 is 69.7 Å². The fraction of sp³-hybridized carbons (Fsp3) is 0.114. The Morgan fingerprint density at radius 2 is 1.59 bits per heavy atom. The number of aromatic nitrogens is 2. The Bertz CT molecular complexity index is 1830. The molecule has 3 amide bonds. The summed E-state index contributed by atoms with van der Waals surface area (Å²) in [5.41, 5.74) is 3.70. The first-order chi connectivity index (χ1) is 22.4. The number of hydrogen-bond acceptors (Lipinski definition) is 8. The highest BCUT2D eigenvalue weighted by molar-refractivity contribution is 8.00. The van der Waals surface area contributed by atoms with Gasteiger partial charge >= 0.3 is 0 Å². The van der Waals surface area contributed by atoms with Crippen molar-refractivity contribution in [3.63, 3.8) is 0 Å². The molecule has 232 valence electrons. The van der Waals surface area contributed by atoms with Gasteiger partial charge in [0.1, 0.15) is 10.9 Å². The molecular weight excluding hydrogens is 635 g/mol. The summed E-state index contributed by atoms with van der Waals surface area (Å²) in [7, 11) is 0. The summed E-state index contributed by atoms with van der Waals surface area (Å²) in [6.07, 6.45) is 1.64. The molecule has 0 fully saturated rings. The number of hydrogen-bond donors (Lipinski definition) is 3. The second kappa shape index (κ2) is 16.0. The Hall–Kier alpha value is -4.71. The Morgan fingerprint density at radius 1 is 0.870 bits per heavy atom. The molecule has 3 N–H and O–H groups in total. The number of rotatable bonds is 12. The summed E-state index contributed by atoms with van der Waals surface area (Å²) >= 11 is 4.01. The highest BCUT2D eigenvalue weighted by atomic mass is 32.2. The van der Waals surface area contributed by atoms with Gasteiger partial charge in [0.15, 0.2) is 0 Å². The van der Waals surface area contributed by atoms with E-state index in [1.54, 1.807) is 42.5 Å². The lowest BCUT2D eigenvalue weighted by atomic mass is 10.1. The lowest BCUT2D eigenvalue weighted by Gasteiger charge is -2.17. The molecule has 1 heterocycles. The largest absolute Gasteiger partial charge is 0.321 e. The van der Waals surface area contributed by atoms with E-state index in [2.05, 4.69) is 25.3 Å². The number of thioether (sulfide) groups is 2. The molecule has 5 rings (SSSR count). The van der Waals surface area contributed by atoms with Crippen molar-refractivity contribution in [3.05, 3.63) is 137 Å². The maximum Gasteiger partial charge on any atom is 0.272 e. The van der Waals surface area contributed by atoms with Crippen molar-refractivity contribution in [2.45, 2.75) is 29.1 Å². The van der Waals surface area contributed by atoms with Crippen LogP contribution < -0.4 is 16.0 Å².